The summed E-state index contributed by atoms with van der Waals surface area (Å²) in [5, 5.41) is 3.33. The number of rotatable bonds is 3. The number of hydrogen-bond donors (Lipinski definition) is 1. The molecule has 2 aromatic heterocycles. The molecule has 0 aliphatic rings. The monoisotopic (exact) mass is 277 g/mol. The Morgan fingerprint density at radius 2 is 2.25 bits per heavy atom. The quantitative estimate of drug-likeness (QED) is 0.937. The molecule has 1 N–H and O–H groups in total. The fraction of sp³-hybridized carbons (Fsp3) is 0.167. The summed E-state index contributed by atoms with van der Waals surface area (Å²) in [6, 6.07) is 5.99. The smallest absolute Gasteiger partial charge is 0.0603 e. The zero-order chi connectivity index (χ0) is 11.4. The molecule has 0 aliphatic heterocycles. The lowest BCUT2D eigenvalue weighted by molar-refractivity contribution is 1.08. The van der Waals surface area contributed by atoms with Gasteiger partial charge in [0.25, 0.3) is 0 Å². The van der Waals surface area contributed by atoms with E-state index in [4.69, 9.17) is 0 Å². The van der Waals surface area contributed by atoms with Crippen LogP contribution in [0.25, 0.3) is 0 Å². The van der Waals surface area contributed by atoms with Crippen LogP contribution in [0.15, 0.2) is 41.3 Å². The van der Waals surface area contributed by atoms with Crippen LogP contribution in [-0.2, 0) is 6.54 Å². The Bertz CT molecular complexity index is 485. The molecule has 2 rings (SSSR count). The Morgan fingerprint density at radius 3 is 3.00 bits per heavy atom. The van der Waals surface area contributed by atoms with Crippen molar-refractivity contribution in [3.8, 4) is 0 Å². The summed E-state index contributed by atoms with van der Waals surface area (Å²) in [7, 11) is 0. The molecule has 82 valence electrons. The third kappa shape index (κ3) is 2.79. The largest absolute Gasteiger partial charge is 0.379 e. The van der Waals surface area contributed by atoms with Gasteiger partial charge < -0.3 is 5.32 Å². The van der Waals surface area contributed by atoms with Gasteiger partial charge in [-0.2, -0.15) is 0 Å². The molecule has 0 amide bonds. The number of halogens is 1. The molecule has 3 nitrogen and oxygen atoms in total. The van der Waals surface area contributed by atoms with Gasteiger partial charge in [0.1, 0.15) is 0 Å². The van der Waals surface area contributed by atoms with Crippen LogP contribution in [0.3, 0.4) is 0 Å². The predicted octanol–water partition coefficient (Wildman–Crippen LogP) is 3.16. The molecule has 0 saturated carbocycles. The molecule has 0 aliphatic carbocycles. The summed E-state index contributed by atoms with van der Waals surface area (Å²) >= 11 is 3.40. The molecule has 4 heteroatoms. The summed E-state index contributed by atoms with van der Waals surface area (Å²) in [5.74, 6) is 0. The van der Waals surface area contributed by atoms with Gasteiger partial charge in [-0.25, -0.2) is 0 Å². The predicted molar refractivity (Wildman–Crippen MR) is 68.2 cm³/mol. The summed E-state index contributed by atoms with van der Waals surface area (Å²) in [4.78, 5) is 8.34. The van der Waals surface area contributed by atoms with Crippen molar-refractivity contribution in [2.75, 3.05) is 5.32 Å². The number of aromatic nitrogens is 2. The second kappa shape index (κ2) is 5.07. The molecule has 0 atom stereocenters. The van der Waals surface area contributed by atoms with E-state index in [9.17, 15) is 0 Å². The van der Waals surface area contributed by atoms with E-state index in [1.54, 1.807) is 12.4 Å². The minimum atomic E-state index is 0.749. The van der Waals surface area contributed by atoms with Crippen molar-refractivity contribution in [1.82, 2.24) is 9.97 Å². The highest BCUT2D eigenvalue weighted by Gasteiger charge is 1.98. The highest BCUT2D eigenvalue weighted by atomic mass is 79.9. The fourth-order valence-electron chi connectivity index (χ4n) is 1.42. The van der Waals surface area contributed by atoms with Crippen molar-refractivity contribution in [3.05, 3.63) is 52.5 Å². The van der Waals surface area contributed by atoms with Gasteiger partial charge in [-0.15, -0.1) is 0 Å². The molecule has 0 unspecified atom stereocenters. The van der Waals surface area contributed by atoms with E-state index in [1.165, 1.54) is 0 Å². The standard InChI is InChI=1S/C12H12BrN3/c1-9-12(3-2-4-15-9)16-7-10-5-11(13)8-14-6-10/h2-6,8,16H,7H2,1H3. The van der Waals surface area contributed by atoms with E-state index < -0.39 is 0 Å². The topological polar surface area (TPSA) is 37.8 Å². The van der Waals surface area contributed by atoms with E-state index in [0.29, 0.717) is 0 Å². The van der Waals surface area contributed by atoms with Crippen molar-refractivity contribution in [2.45, 2.75) is 13.5 Å². The molecular formula is C12H12BrN3. The lowest BCUT2D eigenvalue weighted by Crippen LogP contribution is -2.02. The number of anilines is 1. The summed E-state index contributed by atoms with van der Waals surface area (Å²) in [6.07, 6.45) is 5.42. The first-order valence-corrected chi connectivity index (χ1v) is 5.80. The average Bonchev–Trinajstić information content (AvgIpc) is 2.28. The molecule has 0 aromatic carbocycles. The summed E-state index contributed by atoms with van der Waals surface area (Å²) in [5.41, 5.74) is 3.20. The zero-order valence-electron chi connectivity index (χ0n) is 8.94. The molecule has 0 spiro atoms. The Morgan fingerprint density at radius 1 is 1.38 bits per heavy atom. The molecule has 16 heavy (non-hydrogen) atoms. The van der Waals surface area contributed by atoms with Crippen LogP contribution >= 0.6 is 15.9 Å². The first-order chi connectivity index (χ1) is 7.75. The molecule has 0 fully saturated rings. The van der Waals surface area contributed by atoms with Crippen LogP contribution in [0.1, 0.15) is 11.3 Å². The van der Waals surface area contributed by atoms with Crippen molar-refractivity contribution >= 4 is 21.6 Å². The van der Waals surface area contributed by atoms with Crippen LogP contribution in [0.5, 0.6) is 0 Å². The van der Waals surface area contributed by atoms with Crippen molar-refractivity contribution in [1.29, 1.82) is 0 Å². The van der Waals surface area contributed by atoms with Crippen LogP contribution < -0.4 is 5.32 Å². The van der Waals surface area contributed by atoms with Crippen LogP contribution in [-0.4, -0.2) is 9.97 Å². The van der Waals surface area contributed by atoms with Crippen molar-refractivity contribution in [3.63, 3.8) is 0 Å². The van der Waals surface area contributed by atoms with Crippen LogP contribution in [0, 0.1) is 6.92 Å². The summed E-state index contributed by atoms with van der Waals surface area (Å²) < 4.78 is 0.995. The number of pyridine rings is 2. The normalized spacial score (nSPS) is 10.1. The van der Waals surface area contributed by atoms with Crippen molar-refractivity contribution < 1.29 is 0 Å². The number of aryl methyl sites for hydroxylation is 1. The number of nitrogens with one attached hydrogen (secondary N) is 1. The number of nitrogens with zero attached hydrogens (tertiary/aromatic N) is 2. The highest BCUT2D eigenvalue weighted by molar-refractivity contribution is 9.10. The fourth-order valence-corrected chi connectivity index (χ4v) is 1.83. The maximum Gasteiger partial charge on any atom is 0.0603 e. The Hall–Kier alpha value is -1.42. The third-order valence-corrected chi connectivity index (χ3v) is 2.69. The van der Waals surface area contributed by atoms with Crippen molar-refractivity contribution in [2.24, 2.45) is 0 Å². The summed E-state index contributed by atoms with van der Waals surface area (Å²) in [6.45, 7) is 2.74. The first-order valence-electron chi connectivity index (χ1n) is 5.00. The van der Waals surface area contributed by atoms with Crippen LogP contribution in [0.4, 0.5) is 5.69 Å². The van der Waals surface area contributed by atoms with Gasteiger partial charge in [-0.1, -0.05) is 0 Å². The van der Waals surface area contributed by atoms with E-state index in [2.05, 4.69) is 31.2 Å². The van der Waals surface area contributed by atoms with E-state index in [1.807, 2.05) is 31.3 Å². The second-order valence-corrected chi connectivity index (χ2v) is 4.42. The molecular weight excluding hydrogens is 266 g/mol. The molecule has 0 radical (unpaired) electrons. The van der Waals surface area contributed by atoms with Crippen LogP contribution in [0.2, 0.25) is 0 Å². The maximum absolute atomic E-state index is 4.22. The van der Waals surface area contributed by atoms with E-state index in [-0.39, 0.29) is 0 Å². The second-order valence-electron chi connectivity index (χ2n) is 3.50. The lowest BCUT2D eigenvalue weighted by Gasteiger charge is -2.08. The van der Waals surface area contributed by atoms with Gasteiger partial charge in [0.15, 0.2) is 0 Å². The van der Waals surface area contributed by atoms with Gasteiger partial charge in [-0.3, -0.25) is 9.97 Å². The zero-order valence-corrected chi connectivity index (χ0v) is 10.5. The Balaban J connectivity index is 2.05. The Labute approximate surface area is 103 Å². The first kappa shape index (κ1) is 11.1. The highest BCUT2D eigenvalue weighted by Crippen LogP contribution is 2.14. The molecule has 0 saturated heterocycles. The van der Waals surface area contributed by atoms with Gasteiger partial charge in [0.2, 0.25) is 0 Å². The van der Waals surface area contributed by atoms with E-state index in [0.717, 1.165) is 28.0 Å². The minimum absolute atomic E-state index is 0.749. The molecule has 0 bridgehead atoms. The van der Waals surface area contributed by atoms with Gasteiger partial charge >= 0.3 is 0 Å². The molecule has 2 aromatic rings. The Kier molecular flexibility index (Phi) is 3.51. The third-order valence-electron chi connectivity index (χ3n) is 2.25. The SMILES string of the molecule is Cc1ncccc1NCc1cncc(Br)c1. The van der Waals surface area contributed by atoms with Gasteiger partial charge in [0.05, 0.1) is 11.4 Å². The van der Waals surface area contributed by atoms with Gasteiger partial charge in [-0.05, 0) is 46.6 Å². The lowest BCUT2D eigenvalue weighted by atomic mass is 10.2. The minimum Gasteiger partial charge on any atom is -0.379 e. The maximum atomic E-state index is 4.22. The average molecular weight is 278 g/mol. The molecule has 2 heterocycles. The number of hydrogen-bond acceptors (Lipinski definition) is 3. The van der Waals surface area contributed by atoms with E-state index >= 15 is 0 Å². The van der Waals surface area contributed by atoms with Gasteiger partial charge in [0, 0.05) is 29.6 Å².